The fourth-order valence-electron chi connectivity index (χ4n) is 2.61. The van der Waals surface area contributed by atoms with Crippen LogP contribution in [0.15, 0.2) is 0 Å². The first-order valence-electron chi connectivity index (χ1n) is 6.49. The van der Waals surface area contributed by atoms with E-state index in [1.165, 1.54) is 30.0 Å². The molecule has 1 heterocycles. The van der Waals surface area contributed by atoms with Gasteiger partial charge in [0.2, 0.25) is 0 Å². The second-order valence-electron chi connectivity index (χ2n) is 4.56. The molecule has 2 nitrogen and oxygen atoms in total. The van der Waals surface area contributed by atoms with Crippen molar-refractivity contribution in [3.63, 3.8) is 0 Å². The van der Waals surface area contributed by atoms with Crippen molar-refractivity contribution in [1.82, 2.24) is 10.3 Å². The molecule has 1 aromatic heterocycles. The molecular weight excluding hydrogens is 216 g/mol. The second kappa shape index (κ2) is 4.84. The molecule has 0 atom stereocenters. The summed E-state index contributed by atoms with van der Waals surface area (Å²) in [5.41, 5.74) is 1.51. The molecule has 0 fully saturated rings. The Morgan fingerprint density at radius 2 is 2.00 bits per heavy atom. The van der Waals surface area contributed by atoms with Crippen LogP contribution in [0, 0.1) is 0 Å². The third-order valence-corrected chi connectivity index (χ3v) is 5.09. The van der Waals surface area contributed by atoms with Gasteiger partial charge in [0.15, 0.2) is 0 Å². The van der Waals surface area contributed by atoms with E-state index >= 15 is 0 Å². The van der Waals surface area contributed by atoms with Crippen molar-refractivity contribution in [2.24, 2.45) is 0 Å². The highest BCUT2D eigenvalue weighted by molar-refractivity contribution is 7.12. The molecule has 0 aromatic carbocycles. The summed E-state index contributed by atoms with van der Waals surface area (Å²) in [4.78, 5) is 6.42. The van der Waals surface area contributed by atoms with Gasteiger partial charge in [-0.05, 0) is 38.6 Å². The van der Waals surface area contributed by atoms with E-state index in [0.29, 0.717) is 0 Å². The van der Waals surface area contributed by atoms with Gasteiger partial charge in [-0.2, -0.15) is 0 Å². The van der Waals surface area contributed by atoms with Crippen molar-refractivity contribution >= 4 is 11.3 Å². The van der Waals surface area contributed by atoms with Gasteiger partial charge in [-0.3, -0.25) is 0 Å². The average molecular weight is 238 g/mol. The third kappa shape index (κ3) is 1.91. The zero-order valence-electron chi connectivity index (χ0n) is 10.6. The number of fused-ring (bicyclic) bond motifs is 1. The number of hydrogen-bond donors (Lipinski definition) is 1. The molecule has 0 saturated carbocycles. The van der Waals surface area contributed by atoms with Crippen molar-refractivity contribution in [3.8, 4) is 0 Å². The molecular formula is C13H22N2S. The highest BCUT2D eigenvalue weighted by Crippen LogP contribution is 2.36. The smallest absolute Gasteiger partial charge is 0.113 e. The monoisotopic (exact) mass is 238 g/mol. The van der Waals surface area contributed by atoms with Gasteiger partial charge in [0.25, 0.3) is 0 Å². The Kier molecular flexibility index (Phi) is 3.65. The first-order valence-corrected chi connectivity index (χ1v) is 7.31. The predicted molar refractivity (Wildman–Crippen MR) is 70.1 cm³/mol. The first kappa shape index (κ1) is 12.1. The van der Waals surface area contributed by atoms with E-state index in [9.17, 15) is 0 Å². The Hall–Kier alpha value is -0.410. The Bertz CT molecular complexity index is 331. The van der Waals surface area contributed by atoms with E-state index in [-0.39, 0.29) is 5.54 Å². The molecule has 0 unspecified atom stereocenters. The van der Waals surface area contributed by atoms with Gasteiger partial charge in [-0.15, -0.1) is 11.3 Å². The Morgan fingerprint density at radius 1 is 1.25 bits per heavy atom. The number of thiazole rings is 1. The summed E-state index contributed by atoms with van der Waals surface area (Å²) in [6, 6.07) is 0. The molecule has 0 aliphatic heterocycles. The Labute approximate surface area is 102 Å². The summed E-state index contributed by atoms with van der Waals surface area (Å²) >= 11 is 1.94. The van der Waals surface area contributed by atoms with Crippen LogP contribution < -0.4 is 5.32 Å². The fraction of sp³-hybridized carbons (Fsp3) is 0.769. The Balaban J connectivity index is 2.31. The van der Waals surface area contributed by atoms with E-state index < -0.39 is 0 Å². The number of rotatable bonds is 5. The van der Waals surface area contributed by atoms with Crippen LogP contribution in [0.3, 0.4) is 0 Å². The van der Waals surface area contributed by atoms with Gasteiger partial charge >= 0.3 is 0 Å². The number of aryl methyl sites for hydroxylation is 2. The molecule has 0 saturated heterocycles. The third-order valence-electron chi connectivity index (χ3n) is 3.73. The van der Waals surface area contributed by atoms with Crippen LogP contribution in [0.1, 0.15) is 55.6 Å². The van der Waals surface area contributed by atoms with Gasteiger partial charge in [0, 0.05) is 4.88 Å². The normalized spacial score (nSPS) is 15.4. The predicted octanol–water partition coefficient (Wildman–Crippen LogP) is 3.26. The van der Waals surface area contributed by atoms with Gasteiger partial charge in [-0.25, -0.2) is 4.98 Å². The molecule has 0 spiro atoms. The lowest BCUT2D eigenvalue weighted by molar-refractivity contribution is 0.314. The highest BCUT2D eigenvalue weighted by atomic mass is 32.1. The topological polar surface area (TPSA) is 24.9 Å². The van der Waals surface area contributed by atoms with Gasteiger partial charge in [0.05, 0.1) is 11.2 Å². The lowest BCUT2D eigenvalue weighted by Crippen LogP contribution is -2.41. The molecule has 16 heavy (non-hydrogen) atoms. The van der Waals surface area contributed by atoms with Crippen molar-refractivity contribution in [1.29, 1.82) is 0 Å². The van der Waals surface area contributed by atoms with Crippen LogP contribution in [0.2, 0.25) is 0 Å². The SMILES string of the molecule is CCNC(CC)(CC)c1nc2c(s1)CCC2. The summed E-state index contributed by atoms with van der Waals surface area (Å²) in [5.74, 6) is 0. The molecule has 0 radical (unpaired) electrons. The molecule has 1 aliphatic rings. The van der Waals surface area contributed by atoms with Crippen molar-refractivity contribution in [3.05, 3.63) is 15.6 Å². The molecule has 3 heteroatoms. The maximum absolute atomic E-state index is 4.88. The van der Waals surface area contributed by atoms with E-state index in [1.807, 2.05) is 11.3 Å². The summed E-state index contributed by atoms with van der Waals surface area (Å²) in [5, 5.41) is 4.97. The average Bonchev–Trinajstić information content (AvgIpc) is 2.86. The fourth-order valence-corrected chi connectivity index (χ4v) is 4.07. The van der Waals surface area contributed by atoms with Gasteiger partial charge in [0.1, 0.15) is 5.01 Å². The van der Waals surface area contributed by atoms with Crippen molar-refractivity contribution in [2.45, 2.75) is 58.4 Å². The van der Waals surface area contributed by atoms with E-state index in [2.05, 4.69) is 26.1 Å². The summed E-state index contributed by atoms with van der Waals surface area (Å²) in [6.07, 6.45) is 6.01. The van der Waals surface area contributed by atoms with Crippen LogP contribution >= 0.6 is 11.3 Å². The van der Waals surface area contributed by atoms with Gasteiger partial charge < -0.3 is 5.32 Å². The molecule has 0 amide bonds. The van der Waals surface area contributed by atoms with Crippen LogP contribution in [0.5, 0.6) is 0 Å². The minimum Gasteiger partial charge on any atom is -0.306 e. The molecule has 1 aromatic rings. The molecule has 1 N–H and O–H groups in total. The maximum Gasteiger partial charge on any atom is 0.113 e. The second-order valence-corrected chi connectivity index (χ2v) is 5.65. The molecule has 0 bridgehead atoms. The number of nitrogens with zero attached hydrogens (tertiary/aromatic N) is 1. The molecule has 1 aliphatic carbocycles. The summed E-state index contributed by atoms with van der Waals surface area (Å²) < 4.78 is 0. The van der Waals surface area contributed by atoms with Crippen molar-refractivity contribution < 1.29 is 0 Å². The standard InChI is InChI=1S/C13H22N2S/c1-4-13(5-2,14-6-3)12-15-10-8-7-9-11(10)16-12/h14H,4-9H2,1-3H3. The minimum absolute atomic E-state index is 0.129. The molecule has 2 rings (SSSR count). The quantitative estimate of drug-likeness (QED) is 0.851. The largest absolute Gasteiger partial charge is 0.306 e. The van der Waals surface area contributed by atoms with Crippen LogP contribution in [-0.2, 0) is 18.4 Å². The van der Waals surface area contributed by atoms with Gasteiger partial charge in [-0.1, -0.05) is 20.8 Å². The maximum atomic E-state index is 4.88. The lowest BCUT2D eigenvalue weighted by atomic mass is 9.93. The van der Waals surface area contributed by atoms with E-state index in [4.69, 9.17) is 4.98 Å². The van der Waals surface area contributed by atoms with Crippen LogP contribution in [-0.4, -0.2) is 11.5 Å². The number of aromatic nitrogens is 1. The van der Waals surface area contributed by atoms with Crippen molar-refractivity contribution in [2.75, 3.05) is 6.54 Å². The van der Waals surface area contributed by atoms with E-state index in [1.54, 1.807) is 4.88 Å². The number of hydrogen-bond acceptors (Lipinski definition) is 3. The highest BCUT2D eigenvalue weighted by Gasteiger charge is 2.32. The summed E-state index contributed by atoms with van der Waals surface area (Å²) in [7, 11) is 0. The lowest BCUT2D eigenvalue weighted by Gasteiger charge is -2.30. The Morgan fingerprint density at radius 3 is 2.56 bits per heavy atom. The molecule has 90 valence electrons. The van der Waals surface area contributed by atoms with Crippen LogP contribution in [0.25, 0.3) is 0 Å². The zero-order chi connectivity index (χ0) is 11.6. The first-order chi connectivity index (χ1) is 7.75. The summed E-state index contributed by atoms with van der Waals surface area (Å²) in [6.45, 7) is 7.73. The van der Waals surface area contributed by atoms with E-state index in [0.717, 1.165) is 19.4 Å². The minimum atomic E-state index is 0.129. The zero-order valence-corrected chi connectivity index (χ0v) is 11.4. The van der Waals surface area contributed by atoms with Crippen LogP contribution in [0.4, 0.5) is 0 Å². The number of nitrogens with one attached hydrogen (secondary N) is 1.